The van der Waals surface area contributed by atoms with Crippen LogP contribution in [0.4, 0.5) is 11.5 Å². The number of hydrogen-bond acceptors (Lipinski definition) is 5. The molecule has 3 N–H and O–H groups in total. The van der Waals surface area contributed by atoms with Gasteiger partial charge in [0, 0.05) is 10.7 Å². The van der Waals surface area contributed by atoms with Crippen molar-refractivity contribution < 1.29 is 14.3 Å². The van der Waals surface area contributed by atoms with Gasteiger partial charge in [-0.05, 0) is 23.1 Å². The summed E-state index contributed by atoms with van der Waals surface area (Å²) in [5, 5.41) is 17.1. The lowest BCUT2D eigenvalue weighted by Gasteiger charge is -2.02. The Morgan fingerprint density at radius 3 is 2.94 bits per heavy atom. The monoisotopic (exact) mass is 254 g/mol. The second kappa shape index (κ2) is 4.30. The Labute approximate surface area is 100 Å². The van der Waals surface area contributed by atoms with E-state index in [1.165, 1.54) is 6.07 Å². The van der Waals surface area contributed by atoms with Gasteiger partial charge in [-0.15, -0.1) is 0 Å². The first kappa shape index (κ1) is 11.2. The minimum absolute atomic E-state index is 0.0603. The van der Waals surface area contributed by atoms with Crippen molar-refractivity contribution in [2.75, 3.05) is 11.1 Å². The fraction of sp³-hybridized carbons (Fsp3) is 0. The molecule has 0 unspecified atom stereocenters. The third-order valence-corrected chi connectivity index (χ3v) is 2.17. The van der Waals surface area contributed by atoms with E-state index in [1.54, 1.807) is 18.2 Å². The highest BCUT2D eigenvalue weighted by Crippen LogP contribution is 2.16. The van der Waals surface area contributed by atoms with Gasteiger partial charge in [0.2, 0.25) is 0 Å². The molecule has 0 aliphatic rings. The van der Waals surface area contributed by atoms with E-state index in [0.717, 1.165) is 0 Å². The summed E-state index contributed by atoms with van der Waals surface area (Å²) in [5.74, 6) is -0.999. The van der Waals surface area contributed by atoms with Gasteiger partial charge in [0.25, 0.3) is 0 Å². The normalized spacial score (nSPS) is 10.2. The molecule has 0 atom stereocenters. The van der Waals surface area contributed by atoms with Gasteiger partial charge in [-0.1, -0.05) is 17.7 Å². The second-order valence-corrected chi connectivity index (χ2v) is 3.56. The minimum atomic E-state index is -0.721. The molecular weight excluding hydrogens is 248 g/mol. The van der Waals surface area contributed by atoms with Crippen LogP contribution in [0.2, 0.25) is 5.02 Å². The molecule has 0 aliphatic heterocycles. The fourth-order valence-electron chi connectivity index (χ4n) is 1.21. The zero-order chi connectivity index (χ0) is 12.4. The van der Waals surface area contributed by atoms with E-state index in [-0.39, 0.29) is 10.7 Å². The maximum atomic E-state index is 11.7. The van der Waals surface area contributed by atoms with E-state index in [4.69, 9.17) is 17.3 Å². The first-order chi connectivity index (χ1) is 8.08. The van der Waals surface area contributed by atoms with Crippen molar-refractivity contribution in [3.8, 4) is 0 Å². The van der Waals surface area contributed by atoms with Gasteiger partial charge in [0.15, 0.2) is 0 Å². The van der Waals surface area contributed by atoms with Gasteiger partial charge < -0.3 is 16.3 Å². The SMILES string of the molecule is Nc1no[n+]([O-])c1C(=O)Nc1cccc(Cl)c1. The smallest absolute Gasteiger partial charge is 0.318 e. The summed E-state index contributed by atoms with van der Waals surface area (Å²) in [4.78, 5) is 11.6. The first-order valence-electron chi connectivity index (χ1n) is 4.50. The van der Waals surface area contributed by atoms with E-state index >= 15 is 0 Å². The number of hydrogen-bond donors (Lipinski definition) is 2. The molecule has 1 aromatic heterocycles. The Morgan fingerprint density at radius 2 is 2.35 bits per heavy atom. The van der Waals surface area contributed by atoms with Crippen molar-refractivity contribution in [1.29, 1.82) is 0 Å². The summed E-state index contributed by atoms with van der Waals surface area (Å²) in [6, 6.07) is 6.44. The summed E-state index contributed by atoms with van der Waals surface area (Å²) < 4.78 is 4.18. The van der Waals surface area contributed by atoms with Crippen molar-refractivity contribution in [2.45, 2.75) is 0 Å². The molecule has 0 bridgehead atoms. The van der Waals surface area contributed by atoms with Gasteiger partial charge in [-0.3, -0.25) is 9.42 Å². The van der Waals surface area contributed by atoms with Gasteiger partial charge in [0.05, 0.1) is 5.16 Å². The van der Waals surface area contributed by atoms with Crippen LogP contribution in [0.15, 0.2) is 28.9 Å². The lowest BCUT2D eigenvalue weighted by Crippen LogP contribution is -2.34. The Hall–Kier alpha value is -2.28. The summed E-state index contributed by atoms with van der Waals surface area (Å²) in [6.07, 6.45) is 0. The standard InChI is InChI=1S/C9H7ClN4O3/c10-5-2-1-3-6(4-5)12-9(15)7-8(11)13-17-14(7)16/h1-4H,(H2,11,13)(H,12,15). The van der Waals surface area contributed by atoms with Crippen molar-refractivity contribution >= 4 is 29.0 Å². The minimum Gasteiger partial charge on any atom is -0.359 e. The topological polar surface area (TPSA) is 108 Å². The van der Waals surface area contributed by atoms with Crippen LogP contribution in [0.3, 0.4) is 0 Å². The van der Waals surface area contributed by atoms with E-state index in [0.29, 0.717) is 10.7 Å². The summed E-state index contributed by atoms with van der Waals surface area (Å²) in [6.45, 7) is 0. The molecule has 1 heterocycles. The number of nitrogens with two attached hydrogens (primary N) is 1. The summed E-state index contributed by atoms with van der Waals surface area (Å²) in [7, 11) is 0. The molecule has 0 radical (unpaired) electrons. The molecule has 1 amide bonds. The van der Waals surface area contributed by atoms with Gasteiger partial charge in [-0.2, -0.15) is 0 Å². The lowest BCUT2D eigenvalue weighted by atomic mass is 10.3. The van der Waals surface area contributed by atoms with Crippen LogP contribution in [0.5, 0.6) is 0 Å². The molecule has 0 aliphatic carbocycles. The number of aromatic nitrogens is 2. The molecule has 1 aromatic carbocycles. The lowest BCUT2D eigenvalue weighted by molar-refractivity contribution is -0.803. The van der Waals surface area contributed by atoms with Crippen molar-refractivity contribution in [2.24, 2.45) is 0 Å². The number of halogens is 1. The number of benzene rings is 1. The van der Waals surface area contributed by atoms with Crippen LogP contribution in [-0.4, -0.2) is 11.1 Å². The Kier molecular flexibility index (Phi) is 2.84. The molecule has 0 saturated heterocycles. The largest absolute Gasteiger partial charge is 0.359 e. The Bertz CT molecular complexity index is 550. The predicted octanol–water partition coefficient (Wildman–Crippen LogP) is 0.796. The van der Waals surface area contributed by atoms with Crippen LogP contribution in [0, 0.1) is 5.21 Å². The zero-order valence-corrected chi connectivity index (χ0v) is 9.14. The molecule has 2 rings (SSSR count). The fourth-order valence-corrected chi connectivity index (χ4v) is 1.40. The maximum absolute atomic E-state index is 11.7. The van der Waals surface area contributed by atoms with Crippen LogP contribution < -0.4 is 16.0 Å². The zero-order valence-electron chi connectivity index (χ0n) is 8.38. The maximum Gasteiger partial charge on any atom is 0.318 e. The molecule has 17 heavy (non-hydrogen) atoms. The molecule has 0 spiro atoms. The average Bonchev–Trinajstić information content (AvgIpc) is 2.58. The number of nitrogen functional groups attached to an aromatic ring is 1. The van der Waals surface area contributed by atoms with E-state index in [1.807, 2.05) is 0 Å². The number of anilines is 2. The number of rotatable bonds is 2. The van der Waals surface area contributed by atoms with Crippen molar-refractivity contribution in [1.82, 2.24) is 5.16 Å². The number of carbonyl (C=O) groups excluding carboxylic acids is 1. The van der Waals surface area contributed by atoms with Crippen molar-refractivity contribution in [3.63, 3.8) is 0 Å². The van der Waals surface area contributed by atoms with Gasteiger partial charge in [0.1, 0.15) is 0 Å². The Balaban J connectivity index is 2.23. The van der Waals surface area contributed by atoms with E-state index in [9.17, 15) is 10.0 Å². The van der Waals surface area contributed by atoms with Crippen molar-refractivity contribution in [3.05, 3.63) is 40.2 Å². The van der Waals surface area contributed by atoms with Gasteiger partial charge in [-0.25, -0.2) is 0 Å². The highest BCUT2D eigenvalue weighted by atomic mass is 35.5. The van der Waals surface area contributed by atoms with Crippen LogP contribution in [0.1, 0.15) is 10.5 Å². The number of carbonyl (C=O) groups is 1. The third-order valence-electron chi connectivity index (χ3n) is 1.94. The van der Waals surface area contributed by atoms with E-state index < -0.39 is 11.6 Å². The average molecular weight is 255 g/mol. The molecule has 88 valence electrons. The molecular formula is C9H7ClN4O3. The third kappa shape index (κ3) is 2.28. The summed E-state index contributed by atoms with van der Waals surface area (Å²) >= 11 is 5.74. The number of amides is 1. The quantitative estimate of drug-likeness (QED) is 0.771. The van der Waals surface area contributed by atoms with Crippen LogP contribution in [0.25, 0.3) is 0 Å². The second-order valence-electron chi connectivity index (χ2n) is 3.13. The Morgan fingerprint density at radius 1 is 1.59 bits per heavy atom. The predicted molar refractivity (Wildman–Crippen MR) is 59.3 cm³/mol. The molecule has 8 heteroatoms. The van der Waals surface area contributed by atoms with E-state index in [2.05, 4.69) is 15.1 Å². The number of nitrogens with zero attached hydrogens (tertiary/aromatic N) is 2. The highest BCUT2D eigenvalue weighted by Gasteiger charge is 2.24. The molecule has 2 aromatic rings. The van der Waals surface area contributed by atoms with Crippen LogP contribution >= 0.6 is 11.6 Å². The molecule has 0 fully saturated rings. The highest BCUT2D eigenvalue weighted by molar-refractivity contribution is 6.30. The van der Waals surface area contributed by atoms with Gasteiger partial charge >= 0.3 is 17.4 Å². The number of nitrogens with one attached hydrogen (secondary N) is 1. The first-order valence-corrected chi connectivity index (χ1v) is 4.88. The molecule has 7 nitrogen and oxygen atoms in total. The molecule has 0 saturated carbocycles. The van der Waals surface area contributed by atoms with Crippen LogP contribution in [-0.2, 0) is 0 Å². The summed E-state index contributed by atoms with van der Waals surface area (Å²) in [5.41, 5.74) is 5.35.